The predicted molar refractivity (Wildman–Crippen MR) is 93.4 cm³/mol. The fourth-order valence-electron chi connectivity index (χ4n) is 2.70. The minimum atomic E-state index is -0.876. The highest BCUT2D eigenvalue weighted by Crippen LogP contribution is 2.30. The second-order valence-electron chi connectivity index (χ2n) is 5.97. The van der Waals surface area contributed by atoms with Crippen LogP contribution in [0.3, 0.4) is 0 Å². The lowest BCUT2D eigenvalue weighted by Crippen LogP contribution is -2.30. The van der Waals surface area contributed by atoms with Crippen molar-refractivity contribution in [3.8, 4) is 0 Å². The highest BCUT2D eigenvalue weighted by atomic mass is 32.1. The van der Waals surface area contributed by atoms with Crippen molar-refractivity contribution in [2.24, 2.45) is 0 Å². The maximum absolute atomic E-state index is 12.3. The number of aryl methyl sites for hydroxylation is 3. The minimum Gasteiger partial charge on any atom is -0.448 e. The van der Waals surface area contributed by atoms with E-state index in [-0.39, 0.29) is 5.91 Å². The van der Waals surface area contributed by atoms with E-state index in [0.29, 0.717) is 10.7 Å². The van der Waals surface area contributed by atoms with Crippen LogP contribution in [-0.2, 0) is 22.4 Å². The first-order valence-electron chi connectivity index (χ1n) is 8.10. The van der Waals surface area contributed by atoms with Gasteiger partial charge in [0.25, 0.3) is 5.91 Å². The number of esters is 1. The van der Waals surface area contributed by atoms with E-state index in [1.807, 2.05) is 25.1 Å². The minimum absolute atomic E-state index is 0.386. The lowest BCUT2D eigenvalue weighted by Gasteiger charge is -2.12. The lowest BCUT2D eigenvalue weighted by molar-refractivity contribution is -0.123. The molecule has 5 nitrogen and oxygen atoms in total. The number of hydrogen-bond donors (Lipinski definition) is 1. The van der Waals surface area contributed by atoms with Crippen molar-refractivity contribution in [3.63, 3.8) is 0 Å². The third kappa shape index (κ3) is 3.82. The number of nitrogens with zero attached hydrogens (tertiary/aromatic N) is 1. The quantitative estimate of drug-likeness (QED) is 0.862. The van der Waals surface area contributed by atoms with E-state index in [4.69, 9.17) is 4.74 Å². The summed E-state index contributed by atoms with van der Waals surface area (Å²) in [6.45, 7) is 3.41. The van der Waals surface area contributed by atoms with Crippen LogP contribution in [0.15, 0.2) is 24.3 Å². The first-order valence-corrected chi connectivity index (χ1v) is 8.91. The van der Waals surface area contributed by atoms with Gasteiger partial charge >= 0.3 is 5.97 Å². The smallest absolute Gasteiger partial charge is 0.349 e. The zero-order chi connectivity index (χ0) is 17.1. The molecule has 1 unspecified atom stereocenters. The van der Waals surface area contributed by atoms with Crippen molar-refractivity contribution < 1.29 is 14.3 Å². The number of thiophene rings is 1. The Hall–Kier alpha value is -2.21. The van der Waals surface area contributed by atoms with Crippen molar-refractivity contribution in [2.45, 2.75) is 45.6 Å². The molecular weight excluding hydrogens is 324 g/mol. The van der Waals surface area contributed by atoms with Gasteiger partial charge in [-0.2, -0.15) is 0 Å². The number of carbonyl (C=O) groups excluding carboxylic acids is 2. The summed E-state index contributed by atoms with van der Waals surface area (Å²) in [4.78, 5) is 30.5. The van der Waals surface area contributed by atoms with Crippen LogP contribution in [0.25, 0.3) is 0 Å². The first-order chi connectivity index (χ1) is 11.5. The molecule has 0 bridgehead atoms. The molecule has 1 aliphatic rings. The van der Waals surface area contributed by atoms with E-state index in [1.165, 1.54) is 34.6 Å². The third-order valence-electron chi connectivity index (χ3n) is 3.99. The molecule has 0 aromatic carbocycles. The number of rotatable bonds is 4. The Morgan fingerprint density at radius 3 is 2.83 bits per heavy atom. The van der Waals surface area contributed by atoms with Crippen molar-refractivity contribution in [1.82, 2.24) is 4.98 Å². The van der Waals surface area contributed by atoms with E-state index in [2.05, 4.69) is 10.3 Å². The molecule has 1 atom stereocenters. The van der Waals surface area contributed by atoms with E-state index in [0.717, 1.165) is 18.5 Å². The van der Waals surface area contributed by atoms with Crippen molar-refractivity contribution in [1.29, 1.82) is 0 Å². The molecule has 2 aromatic rings. The largest absolute Gasteiger partial charge is 0.448 e. The summed E-state index contributed by atoms with van der Waals surface area (Å²) in [5, 5.41) is 2.66. The zero-order valence-electron chi connectivity index (χ0n) is 13.8. The topological polar surface area (TPSA) is 68.3 Å². The molecule has 0 fully saturated rings. The van der Waals surface area contributed by atoms with Crippen LogP contribution in [0.1, 0.15) is 45.6 Å². The van der Waals surface area contributed by atoms with Crippen LogP contribution in [0, 0.1) is 6.92 Å². The summed E-state index contributed by atoms with van der Waals surface area (Å²) >= 11 is 1.48. The van der Waals surface area contributed by atoms with E-state index < -0.39 is 12.1 Å². The number of hydrogen-bond acceptors (Lipinski definition) is 5. The maximum Gasteiger partial charge on any atom is 0.349 e. The van der Waals surface area contributed by atoms with Gasteiger partial charge in [0.1, 0.15) is 10.7 Å². The molecule has 1 amide bonds. The summed E-state index contributed by atoms with van der Waals surface area (Å²) in [6, 6.07) is 7.27. The average Bonchev–Trinajstić information content (AvgIpc) is 2.99. The number of pyridine rings is 1. The third-order valence-corrected chi connectivity index (χ3v) is 5.21. The second kappa shape index (κ2) is 7.13. The van der Waals surface area contributed by atoms with Crippen LogP contribution in [-0.4, -0.2) is 23.0 Å². The number of aromatic nitrogens is 1. The van der Waals surface area contributed by atoms with Crippen LogP contribution in [0.5, 0.6) is 0 Å². The fourth-order valence-corrected chi connectivity index (χ4v) is 3.84. The highest BCUT2D eigenvalue weighted by Gasteiger charge is 2.23. The van der Waals surface area contributed by atoms with Gasteiger partial charge < -0.3 is 10.1 Å². The van der Waals surface area contributed by atoms with Gasteiger partial charge in [-0.05, 0) is 63.3 Å². The standard InChI is InChI=1S/C18H20N2O3S/c1-11-6-5-9-16(19-11)20-17(21)12(2)23-18(22)15-10-13-7-3-4-8-14(13)24-15/h5-6,9-10,12H,3-4,7-8H2,1-2H3,(H,19,20,21). The lowest BCUT2D eigenvalue weighted by atomic mass is 9.99. The molecule has 6 heteroatoms. The molecule has 0 saturated carbocycles. The Kier molecular flexibility index (Phi) is 4.94. The Labute approximate surface area is 145 Å². The number of carbonyl (C=O) groups is 2. The molecule has 3 rings (SSSR count). The average molecular weight is 344 g/mol. The van der Waals surface area contributed by atoms with Gasteiger partial charge in [0.15, 0.2) is 6.10 Å². The molecule has 1 N–H and O–H groups in total. The fraction of sp³-hybridized carbons (Fsp3) is 0.389. The van der Waals surface area contributed by atoms with Gasteiger partial charge in [0.2, 0.25) is 0 Å². The number of nitrogens with one attached hydrogen (secondary N) is 1. The summed E-state index contributed by atoms with van der Waals surface area (Å²) in [7, 11) is 0. The molecule has 2 heterocycles. The molecule has 1 aliphatic carbocycles. The number of ether oxygens (including phenoxy) is 1. The molecule has 0 spiro atoms. The number of fused-ring (bicyclic) bond motifs is 1. The van der Waals surface area contributed by atoms with Gasteiger partial charge in [-0.1, -0.05) is 6.07 Å². The molecule has 0 saturated heterocycles. The van der Waals surface area contributed by atoms with Crippen molar-refractivity contribution >= 4 is 29.0 Å². The van der Waals surface area contributed by atoms with Gasteiger partial charge in [-0.3, -0.25) is 4.79 Å². The summed E-state index contributed by atoms with van der Waals surface area (Å²) in [6.07, 6.45) is 3.51. The maximum atomic E-state index is 12.3. The van der Waals surface area contributed by atoms with Gasteiger partial charge in [-0.25, -0.2) is 9.78 Å². The SMILES string of the molecule is Cc1cccc(NC(=O)C(C)OC(=O)c2cc3c(s2)CCCC3)n1. The highest BCUT2D eigenvalue weighted by molar-refractivity contribution is 7.14. The predicted octanol–water partition coefficient (Wildman–Crippen LogP) is 3.51. The monoisotopic (exact) mass is 344 g/mol. The Bertz CT molecular complexity index is 746. The summed E-state index contributed by atoms with van der Waals surface area (Å²) in [5.74, 6) is -0.369. The molecule has 2 aromatic heterocycles. The Morgan fingerprint density at radius 1 is 1.29 bits per heavy atom. The Morgan fingerprint density at radius 2 is 2.08 bits per heavy atom. The van der Waals surface area contributed by atoms with E-state index in [9.17, 15) is 9.59 Å². The number of anilines is 1. The van der Waals surface area contributed by atoms with Gasteiger partial charge in [0.05, 0.1) is 0 Å². The summed E-state index contributed by atoms with van der Waals surface area (Å²) in [5.41, 5.74) is 2.06. The van der Waals surface area contributed by atoms with Crippen molar-refractivity contribution in [3.05, 3.63) is 45.3 Å². The van der Waals surface area contributed by atoms with Gasteiger partial charge in [-0.15, -0.1) is 11.3 Å². The van der Waals surface area contributed by atoms with E-state index >= 15 is 0 Å². The zero-order valence-corrected chi connectivity index (χ0v) is 14.6. The van der Waals surface area contributed by atoms with E-state index in [1.54, 1.807) is 13.0 Å². The van der Waals surface area contributed by atoms with Crippen LogP contribution < -0.4 is 5.32 Å². The summed E-state index contributed by atoms with van der Waals surface area (Å²) < 4.78 is 5.31. The van der Waals surface area contributed by atoms with Crippen LogP contribution >= 0.6 is 11.3 Å². The Balaban J connectivity index is 1.61. The second-order valence-corrected chi connectivity index (χ2v) is 7.10. The van der Waals surface area contributed by atoms with Crippen molar-refractivity contribution in [2.75, 3.05) is 5.32 Å². The first kappa shape index (κ1) is 16.6. The molecule has 24 heavy (non-hydrogen) atoms. The van der Waals surface area contributed by atoms with Crippen LogP contribution in [0.4, 0.5) is 5.82 Å². The molecule has 0 radical (unpaired) electrons. The molecule has 126 valence electrons. The number of amides is 1. The molecule has 0 aliphatic heterocycles. The molecular formula is C18H20N2O3S. The normalized spacial score (nSPS) is 14.6. The van der Waals surface area contributed by atoms with Gasteiger partial charge in [0, 0.05) is 10.6 Å². The van der Waals surface area contributed by atoms with Crippen LogP contribution in [0.2, 0.25) is 0 Å².